The zero-order chi connectivity index (χ0) is 18.9. The molecule has 2 N–H and O–H groups in total. The molecule has 0 bridgehead atoms. The van der Waals surface area contributed by atoms with Crippen LogP contribution in [0.2, 0.25) is 0 Å². The minimum absolute atomic E-state index is 0.323. The number of urea groups is 1. The van der Waals surface area contributed by atoms with E-state index in [0.29, 0.717) is 24.6 Å². The largest absolute Gasteiger partial charge is 0.489 e. The van der Waals surface area contributed by atoms with Crippen molar-refractivity contribution in [1.29, 1.82) is 0 Å². The molecule has 5 nitrogen and oxygen atoms in total. The second-order valence-corrected chi connectivity index (χ2v) is 6.12. The lowest BCUT2D eigenvalue weighted by Crippen LogP contribution is -2.19. The van der Waals surface area contributed by atoms with E-state index in [-0.39, 0.29) is 6.03 Å². The highest BCUT2D eigenvalue weighted by Crippen LogP contribution is 2.18. The highest BCUT2D eigenvalue weighted by Gasteiger charge is 2.04. The Hall–Kier alpha value is -3.21. The molecule has 0 aliphatic carbocycles. The molecule has 26 heavy (non-hydrogen) atoms. The van der Waals surface area contributed by atoms with Crippen LogP contribution in [-0.4, -0.2) is 19.2 Å². The first kappa shape index (κ1) is 19.1. The average molecular weight is 352 g/mol. The average Bonchev–Trinajstić information content (AvgIpc) is 2.60. The Morgan fingerprint density at radius 3 is 1.42 bits per heavy atom. The van der Waals surface area contributed by atoms with Crippen LogP contribution in [0.3, 0.4) is 0 Å². The van der Waals surface area contributed by atoms with E-state index in [1.165, 1.54) is 0 Å². The molecule has 0 aliphatic heterocycles. The number of carbonyl (C=O) groups is 1. The van der Waals surface area contributed by atoms with E-state index in [9.17, 15) is 4.79 Å². The summed E-state index contributed by atoms with van der Waals surface area (Å²) in [6, 6.07) is 14.0. The summed E-state index contributed by atoms with van der Waals surface area (Å²) in [5.74, 6) is 1.45. The molecule has 2 rings (SSSR count). The predicted octanol–water partition coefficient (Wildman–Crippen LogP) is 5.24. The summed E-state index contributed by atoms with van der Waals surface area (Å²) in [6.45, 7) is 12.3. The zero-order valence-corrected chi connectivity index (χ0v) is 15.2. The van der Waals surface area contributed by atoms with Gasteiger partial charge in [0.1, 0.15) is 24.7 Å². The third-order valence-electron chi connectivity index (χ3n) is 3.19. The maximum Gasteiger partial charge on any atom is 0.323 e. The zero-order valence-electron chi connectivity index (χ0n) is 15.2. The van der Waals surface area contributed by atoms with Crippen molar-refractivity contribution in [2.45, 2.75) is 13.8 Å². The van der Waals surface area contributed by atoms with Crippen molar-refractivity contribution in [2.75, 3.05) is 23.8 Å². The van der Waals surface area contributed by atoms with E-state index in [1.54, 1.807) is 48.5 Å². The fourth-order valence-corrected chi connectivity index (χ4v) is 1.98. The number of hydrogen-bond acceptors (Lipinski definition) is 3. The Bertz CT molecular complexity index is 699. The number of carbonyl (C=O) groups excluding carboxylic acids is 1. The number of benzene rings is 2. The van der Waals surface area contributed by atoms with Crippen molar-refractivity contribution in [3.63, 3.8) is 0 Å². The van der Waals surface area contributed by atoms with Gasteiger partial charge in [-0.25, -0.2) is 4.79 Å². The molecule has 2 aromatic carbocycles. The number of ether oxygens (including phenoxy) is 2. The Morgan fingerprint density at radius 2 is 1.12 bits per heavy atom. The molecule has 0 radical (unpaired) electrons. The summed E-state index contributed by atoms with van der Waals surface area (Å²) in [7, 11) is 0. The highest BCUT2D eigenvalue weighted by atomic mass is 16.5. The van der Waals surface area contributed by atoms with Gasteiger partial charge in [0, 0.05) is 11.4 Å². The normalized spacial score (nSPS) is 9.92. The van der Waals surface area contributed by atoms with Gasteiger partial charge < -0.3 is 20.1 Å². The van der Waals surface area contributed by atoms with E-state index in [0.717, 1.165) is 22.6 Å². The van der Waals surface area contributed by atoms with E-state index >= 15 is 0 Å². The molecular formula is C21H24N2O3. The van der Waals surface area contributed by atoms with Gasteiger partial charge >= 0.3 is 6.03 Å². The van der Waals surface area contributed by atoms with E-state index in [4.69, 9.17) is 9.47 Å². The number of amides is 2. The van der Waals surface area contributed by atoms with Gasteiger partial charge in [0.2, 0.25) is 0 Å². The SMILES string of the molecule is C=C(C)COc1ccc(NC(=O)Nc2ccc(OCC(=C)C)cc2)cc1. The minimum atomic E-state index is -0.323. The third kappa shape index (κ3) is 6.73. The Kier molecular flexibility index (Phi) is 6.85. The fraction of sp³-hybridized carbons (Fsp3) is 0.190. The lowest BCUT2D eigenvalue weighted by Gasteiger charge is -2.10. The van der Waals surface area contributed by atoms with Crippen molar-refractivity contribution in [3.8, 4) is 11.5 Å². The monoisotopic (exact) mass is 352 g/mol. The second kappa shape index (κ2) is 9.32. The van der Waals surface area contributed by atoms with Crippen LogP contribution in [0.1, 0.15) is 13.8 Å². The van der Waals surface area contributed by atoms with E-state index in [2.05, 4.69) is 23.8 Å². The highest BCUT2D eigenvalue weighted by molar-refractivity contribution is 5.99. The number of anilines is 2. The van der Waals surface area contributed by atoms with Crippen molar-refractivity contribution in [2.24, 2.45) is 0 Å². The van der Waals surface area contributed by atoms with Gasteiger partial charge in [0.05, 0.1) is 0 Å². The summed E-state index contributed by atoms with van der Waals surface area (Å²) in [6.07, 6.45) is 0. The minimum Gasteiger partial charge on any atom is -0.489 e. The summed E-state index contributed by atoms with van der Waals surface area (Å²) < 4.78 is 11.0. The topological polar surface area (TPSA) is 59.6 Å². The molecule has 2 amide bonds. The molecular weight excluding hydrogens is 328 g/mol. The van der Waals surface area contributed by atoms with Crippen LogP contribution in [0.5, 0.6) is 11.5 Å². The lowest BCUT2D eigenvalue weighted by molar-refractivity contribution is 0.262. The fourth-order valence-electron chi connectivity index (χ4n) is 1.98. The second-order valence-electron chi connectivity index (χ2n) is 6.12. The first-order valence-electron chi connectivity index (χ1n) is 8.25. The van der Waals surface area contributed by atoms with Gasteiger partial charge in [-0.2, -0.15) is 0 Å². The molecule has 0 spiro atoms. The van der Waals surface area contributed by atoms with Gasteiger partial charge in [-0.15, -0.1) is 0 Å². The Balaban J connectivity index is 1.84. The standard InChI is InChI=1S/C21H24N2O3/c1-15(2)13-25-19-9-5-17(6-10-19)22-21(24)23-18-7-11-20(12-8-18)26-14-16(3)4/h5-12H,1,3,13-14H2,2,4H3,(H2,22,23,24). The quantitative estimate of drug-likeness (QED) is 0.639. The molecule has 0 unspecified atom stereocenters. The third-order valence-corrected chi connectivity index (χ3v) is 3.19. The van der Waals surface area contributed by atoms with Crippen molar-refractivity contribution < 1.29 is 14.3 Å². The molecule has 0 atom stereocenters. The predicted molar refractivity (Wildman–Crippen MR) is 106 cm³/mol. The first-order chi connectivity index (χ1) is 12.4. The van der Waals surface area contributed by atoms with Crippen LogP contribution in [-0.2, 0) is 0 Å². The Morgan fingerprint density at radius 1 is 0.769 bits per heavy atom. The van der Waals surface area contributed by atoms with Crippen molar-refractivity contribution in [3.05, 3.63) is 72.8 Å². The number of rotatable bonds is 8. The summed E-state index contributed by atoms with van der Waals surface area (Å²) in [5, 5.41) is 5.54. The van der Waals surface area contributed by atoms with Crippen LogP contribution in [0.25, 0.3) is 0 Å². The molecule has 0 aromatic heterocycles. The number of nitrogens with one attached hydrogen (secondary N) is 2. The molecule has 2 aromatic rings. The summed E-state index contributed by atoms with van der Waals surface area (Å²) in [5.41, 5.74) is 3.24. The lowest BCUT2D eigenvalue weighted by atomic mass is 10.3. The smallest absolute Gasteiger partial charge is 0.323 e. The van der Waals surface area contributed by atoms with Crippen LogP contribution in [0.4, 0.5) is 16.2 Å². The molecule has 0 heterocycles. The molecule has 0 saturated heterocycles. The molecule has 0 saturated carbocycles. The molecule has 0 aliphatic rings. The summed E-state index contributed by atoms with van der Waals surface area (Å²) in [4.78, 5) is 12.1. The van der Waals surface area contributed by atoms with Crippen molar-refractivity contribution in [1.82, 2.24) is 0 Å². The van der Waals surface area contributed by atoms with Crippen LogP contribution in [0, 0.1) is 0 Å². The van der Waals surface area contributed by atoms with E-state index < -0.39 is 0 Å². The van der Waals surface area contributed by atoms with Crippen LogP contribution >= 0.6 is 0 Å². The molecule has 0 fully saturated rings. The molecule has 136 valence electrons. The van der Waals surface area contributed by atoms with Gasteiger partial charge in [-0.1, -0.05) is 13.2 Å². The van der Waals surface area contributed by atoms with Gasteiger partial charge in [-0.3, -0.25) is 0 Å². The van der Waals surface area contributed by atoms with Gasteiger partial charge in [-0.05, 0) is 73.5 Å². The number of hydrogen-bond donors (Lipinski definition) is 2. The van der Waals surface area contributed by atoms with Crippen molar-refractivity contribution >= 4 is 17.4 Å². The maximum absolute atomic E-state index is 12.1. The maximum atomic E-state index is 12.1. The van der Waals surface area contributed by atoms with E-state index in [1.807, 2.05) is 13.8 Å². The van der Waals surface area contributed by atoms with Crippen LogP contribution in [0.15, 0.2) is 72.8 Å². The van der Waals surface area contributed by atoms with Gasteiger partial charge in [0.25, 0.3) is 0 Å². The Labute approximate surface area is 154 Å². The van der Waals surface area contributed by atoms with Crippen LogP contribution < -0.4 is 20.1 Å². The first-order valence-corrected chi connectivity index (χ1v) is 8.25. The molecule has 5 heteroatoms. The summed E-state index contributed by atoms with van der Waals surface area (Å²) >= 11 is 0. The van der Waals surface area contributed by atoms with Gasteiger partial charge in [0.15, 0.2) is 0 Å².